The molecule has 0 unspecified atom stereocenters. The lowest BCUT2D eigenvalue weighted by atomic mass is 10.0. The number of hydrogen-bond acceptors (Lipinski definition) is 4. The summed E-state index contributed by atoms with van der Waals surface area (Å²) in [7, 11) is 0. The first-order valence-electron chi connectivity index (χ1n) is 7.57. The molecule has 0 fully saturated rings. The number of benzene rings is 1. The number of phenols is 1. The van der Waals surface area contributed by atoms with E-state index in [9.17, 15) is 20.0 Å². The fourth-order valence-electron chi connectivity index (χ4n) is 2.23. The number of ketones is 1. The van der Waals surface area contributed by atoms with Crippen LogP contribution in [0.3, 0.4) is 0 Å². The van der Waals surface area contributed by atoms with Crippen LogP contribution in [0.1, 0.15) is 68.6 Å². The molecule has 0 aliphatic rings. The molecule has 5 nitrogen and oxygen atoms in total. The third-order valence-electron chi connectivity index (χ3n) is 3.50. The van der Waals surface area contributed by atoms with Gasteiger partial charge in [0.05, 0.1) is 4.92 Å². The number of hydrogen-bond donors (Lipinski definition) is 1. The Kier molecular flexibility index (Phi) is 7.43. The van der Waals surface area contributed by atoms with Crippen molar-refractivity contribution in [3.63, 3.8) is 0 Å². The molecule has 0 aliphatic carbocycles. The van der Waals surface area contributed by atoms with Gasteiger partial charge in [-0.25, -0.2) is 0 Å². The van der Waals surface area contributed by atoms with Crippen molar-refractivity contribution in [2.75, 3.05) is 0 Å². The summed E-state index contributed by atoms with van der Waals surface area (Å²) in [4.78, 5) is 22.0. The van der Waals surface area contributed by atoms with Crippen LogP contribution >= 0.6 is 0 Å². The Balaban J connectivity index is 2.39. The van der Waals surface area contributed by atoms with E-state index in [1.165, 1.54) is 37.8 Å². The van der Waals surface area contributed by atoms with E-state index >= 15 is 0 Å². The zero-order chi connectivity index (χ0) is 15.7. The van der Waals surface area contributed by atoms with E-state index in [-0.39, 0.29) is 5.78 Å². The Hall–Kier alpha value is -1.91. The number of unbranched alkanes of at least 4 members (excludes halogenated alkanes) is 6. The molecule has 0 saturated heterocycles. The summed E-state index contributed by atoms with van der Waals surface area (Å²) >= 11 is 0. The number of nitrogens with zero attached hydrogens (tertiary/aromatic N) is 1. The van der Waals surface area contributed by atoms with Crippen LogP contribution < -0.4 is 0 Å². The van der Waals surface area contributed by atoms with Crippen LogP contribution in [-0.4, -0.2) is 15.8 Å². The van der Waals surface area contributed by atoms with Crippen molar-refractivity contribution < 1.29 is 14.8 Å². The number of aromatic hydroxyl groups is 1. The van der Waals surface area contributed by atoms with Gasteiger partial charge in [0.25, 0.3) is 0 Å². The molecule has 0 saturated carbocycles. The van der Waals surface area contributed by atoms with E-state index in [0.29, 0.717) is 12.0 Å². The third kappa shape index (κ3) is 5.94. The zero-order valence-corrected chi connectivity index (χ0v) is 12.5. The lowest BCUT2D eigenvalue weighted by Gasteiger charge is -2.03. The van der Waals surface area contributed by atoms with Crippen LogP contribution in [0.25, 0.3) is 0 Å². The summed E-state index contributed by atoms with van der Waals surface area (Å²) in [5.41, 5.74) is -0.120. The number of nitro benzene ring substituents is 1. The number of rotatable bonds is 10. The van der Waals surface area contributed by atoms with Crippen LogP contribution in [0.2, 0.25) is 0 Å². The number of carbonyl (C=O) groups is 1. The molecular formula is C16H23NO4. The highest BCUT2D eigenvalue weighted by atomic mass is 16.6. The van der Waals surface area contributed by atoms with Gasteiger partial charge in [0, 0.05) is 18.1 Å². The molecule has 1 aromatic rings. The molecule has 0 heterocycles. The predicted molar refractivity (Wildman–Crippen MR) is 81.7 cm³/mol. The molecule has 5 heteroatoms. The second-order valence-corrected chi connectivity index (χ2v) is 5.26. The summed E-state index contributed by atoms with van der Waals surface area (Å²) in [5, 5.41) is 20.1. The van der Waals surface area contributed by atoms with E-state index < -0.39 is 16.4 Å². The summed E-state index contributed by atoms with van der Waals surface area (Å²) in [6, 6.07) is 3.79. The maximum absolute atomic E-state index is 12.0. The van der Waals surface area contributed by atoms with Crippen molar-refractivity contribution in [1.82, 2.24) is 0 Å². The van der Waals surface area contributed by atoms with E-state index in [2.05, 4.69) is 6.92 Å². The van der Waals surface area contributed by atoms with Crippen molar-refractivity contribution in [3.8, 4) is 5.75 Å². The molecule has 1 N–H and O–H groups in total. The standard InChI is InChI=1S/C16H23NO4/c1-2-3-4-5-6-7-8-9-15(18)13-10-11-16(19)14(12-13)17(20)21/h10-12,19H,2-9H2,1H3. The van der Waals surface area contributed by atoms with E-state index in [1.807, 2.05) is 0 Å². The molecule has 1 rings (SSSR count). The van der Waals surface area contributed by atoms with Gasteiger partial charge in [-0.2, -0.15) is 0 Å². The first kappa shape index (κ1) is 17.1. The molecule has 116 valence electrons. The molecule has 0 spiro atoms. The monoisotopic (exact) mass is 293 g/mol. The van der Waals surface area contributed by atoms with Gasteiger partial charge < -0.3 is 5.11 Å². The Morgan fingerprint density at radius 1 is 1.14 bits per heavy atom. The smallest absolute Gasteiger partial charge is 0.311 e. The van der Waals surface area contributed by atoms with Crippen LogP contribution in [0.15, 0.2) is 18.2 Å². The number of nitro groups is 1. The van der Waals surface area contributed by atoms with Gasteiger partial charge in [-0.1, -0.05) is 45.4 Å². The summed E-state index contributed by atoms with van der Waals surface area (Å²) in [5.74, 6) is -0.515. The number of phenolic OH excluding ortho intramolecular Hbond substituents is 1. The SMILES string of the molecule is CCCCCCCCCC(=O)c1ccc(O)c([N+](=O)[O-])c1. The highest BCUT2D eigenvalue weighted by Gasteiger charge is 2.16. The predicted octanol–water partition coefficient (Wildman–Crippen LogP) is 4.62. The van der Waals surface area contributed by atoms with E-state index in [0.717, 1.165) is 25.3 Å². The molecular weight excluding hydrogens is 270 g/mol. The van der Waals surface area contributed by atoms with E-state index in [1.54, 1.807) is 0 Å². The average molecular weight is 293 g/mol. The van der Waals surface area contributed by atoms with Crippen LogP contribution in [0, 0.1) is 10.1 Å². The number of Topliss-reactive ketones (excluding diaryl/α,β-unsaturated/α-hetero) is 1. The highest BCUT2D eigenvalue weighted by Crippen LogP contribution is 2.27. The topological polar surface area (TPSA) is 80.4 Å². The maximum Gasteiger partial charge on any atom is 0.311 e. The van der Waals surface area contributed by atoms with Crippen LogP contribution in [-0.2, 0) is 0 Å². The molecule has 21 heavy (non-hydrogen) atoms. The second kappa shape index (κ2) is 9.10. The maximum atomic E-state index is 12.0. The Morgan fingerprint density at radius 2 is 1.76 bits per heavy atom. The molecule has 0 radical (unpaired) electrons. The van der Waals surface area contributed by atoms with Crippen LogP contribution in [0.5, 0.6) is 5.75 Å². The lowest BCUT2D eigenvalue weighted by Crippen LogP contribution is -2.00. The first-order chi connectivity index (χ1) is 10.1. The van der Waals surface area contributed by atoms with Crippen molar-refractivity contribution in [2.24, 2.45) is 0 Å². The minimum atomic E-state index is -0.681. The quantitative estimate of drug-likeness (QED) is 0.295. The Labute approximate surface area is 125 Å². The average Bonchev–Trinajstić information content (AvgIpc) is 2.46. The summed E-state index contributed by atoms with van der Waals surface area (Å²) in [6.45, 7) is 2.18. The van der Waals surface area contributed by atoms with Crippen molar-refractivity contribution in [1.29, 1.82) is 0 Å². The minimum absolute atomic E-state index is 0.105. The fourth-order valence-corrected chi connectivity index (χ4v) is 2.23. The normalized spacial score (nSPS) is 10.5. The highest BCUT2D eigenvalue weighted by molar-refractivity contribution is 5.96. The van der Waals surface area contributed by atoms with Gasteiger partial charge in [-0.3, -0.25) is 14.9 Å². The Bertz CT molecular complexity index is 485. The molecule has 1 aromatic carbocycles. The zero-order valence-electron chi connectivity index (χ0n) is 12.5. The van der Waals surface area contributed by atoms with Gasteiger partial charge in [-0.15, -0.1) is 0 Å². The first-order valence-corrected chi connectivity index (χ1v) is 7.57. The number of carbonyl (C=O) groups excluding carboxylic acids is 1. The largest absolute Gasteiger partial charge is 0.502 e. The van der Waals surface area contributed by atoms with Crippen molar-refractivity contribution >= 4 is 11.5 Å². The van der Waals surface area contributed by atoms with Gasteiger partial charge in [-0.05, 0) is 18.6 Å². The van der Waals surface area contributed by atoms with Gasteiger partial charge in [0.1, 0.15) is 0 Å². The third-order valence-corrected chi connectivity index (χ3v) is 3.50. The lowest BCUT2D eigenvalue weighted by molar-refractivity contribution is -0.385. The van der Waals surface area contributed by atoms with E-state index in [4.69, 9.17) is 0 Å². The van der Waals surface area contributed by atoms with Crippen molar-refractivity contribution in [3.05, 3.63) is 33.9 Å². The fraction of sp³-hybridized carbons (Fsp3) is 0.562. The molecule has 0 atom stereocenters. The van der Waals surface area contributed by atoms with Gasteiger partial charge in [0.15, 0.2) is 11.5 Å². The Morgan fingerprint density at radius 3 is 2.38 bits per heavy atom. The minimum Gasteiger partial charge on any atom is -0.502 e. The summed E-state index contributed by atoms with van der Waals surface area (Å²) < 4.78 is 0. The second-order valence-electron chi connectivity index (χ2n) is 5.26. The molecule has 0 amide bonds. The van der Waals surface area contributed by atoms with Gasteiger partial charge >= 0.3 is 5.69 Å². The molecule has 0 bridgehead atoms. The van der Waals surface area contributed by atoms with Crippen LogP contribution in [0.4, 0.5) is 5.69 Å². The van der Waals surface area contributed by atoms with Gasteiger partial charge in [0.2, 0.25) is 0 Å². The molecule has 0 aromatic heterocycles. The van der Waals surface area contributed by atoms with Crippen molar-refractivity contribution in [2.45, 2.75) is 58.3 Å². The summed E-state index contributed by atoms with van der Waals surface area (Å²) in [6.07, 6.45) is 8.27. The molecule has 0 aliphatic heterocycles.